The Kier molecular flexibility index (Phi) is 5.02. The molecule has 3 aromatic rings. The summed E-state index contributed by atoms with van der Waals surface area (Å²) in [4.78, 5) is 17.9. The number of fused-ring (bicyclic) bond motifs is 1. The van der Waals surface area contributed by atoms with E-state index in [4.69, 9.17) is 4.74 Å². The van der Waals surface area contributed by atoms with E-state index >= 15 is 0 Å². The van der Waals surface area contributed by atoms with Gasteiger partial charge in [-0.15, -0.1) is 0 Å². The molecule has 2 aromatic carbocycles. The van der Waals surface area contributed by atoms with Crippen LogP contribution in [0.1, 0.15) is 11.1 Å². The topological polar surface area (TPSA) is 45.3 Å². The lowest BCUT2D eigenvalue weighted by Gasteiger charge is -2.24. The molecule has 1 aromatic heterocycles. The van der Waals surface area contributed by atoms with Gasteiger partial charge in [-0.25, -0.2) is 0 Å². The molecule has 1 saturated heterocycles. The molecule has 0 spiro atoms. The van der Waals surface area contributed by atoms with E-state index in [0.717, 1.165) is 24.0 Å². The van der Waals surface area contributed by atoms with Crippen molar-refractivity contribution in [2.45, 2.75) is 12.8 Å². The molecule has 26 heavy (non-hydrogen) atoms. The molecule has 0 bridgehead atoms. The first kappa shape index (κ1) is 16.9. The minimum Gasteiger partial charge on any atom is -0.379 e. The standard InChI is InChI=1S/C22H24N2O2/c25-22(14-17-4-2-1-3-5-17)24-10-11-26-16-19(15-24)12-18-6-7-21-20(13-18)8-9-23-21/h1-9,13,19,23H,10-12,14-16H2/t19-/m1/s1. The second-order valence-electron chi connectivity index (χ2n) is 7.05. The first-order valence-electron chi connectivity index (χ1n) is 9.23. The van der Waals surface area contributed by atoms with Crippen molar-refractivity contribution in [1.29, 1.82) is 0 Å². The molecule has 1 amide bonds. The number of benzene rings is 2. The number of carbonyl (C=O) groups excluding carboxylic acids is 1. The Morgan fingerprint density at radius 1 is 1.12 bits per heavy atom. The van der Waals surface area contributed by atoms with E-state index in [0.29, 0.717) is 32.1 Å². The molecular weight excluding hydrogens is 324 g/mol. The molecule has 1 aliphatic heterocycles. The molecular formula is C22H24N2O2. The number of nitrogens with one attached hydrogen (secondary N) is 1. The molecule has 1 N–H and O–H groups in total. The summed E-state index contributed by atoms with van der Waals surface area (Å²) >= 11 is 0. The number of hydrogen-bond donors (Lipinski definition) is 1. The predicted octanol–water partition coefficient (Wildman–Crippen LogP) is 3.43. The molecule has 0 radical (unpaired) electrons. The van der Waals surface area contributed by atoms with Crippen LogP contribution in [0, 0.1) is 5.92 Å². The van der Waals surface area contributed by atoms with Crippen molar-refractivity contribution >= 4 is 16.8 Å². The minimum atomic E-state index is 0.188. The van der Waals surface area contributed by atoms with Crippen molar-refractivity contribution < 1.29 is 9.53 Å². The zero-order valence-corrected chi connectivity index (χ0v) is 14.9. The molecule has 0 saturated carbocycles. The molecule has 1 atom stereocenters. The van der Waals surface area contributed by atoms with Crippen molar-refractivity contribution in [2.24, 2.45) is 5.92 Å². The fourth-order valence-electron chi connectivity index (χ4n) is 3.68. The zero-order valence-electron chi connectivity index (χ0n) is 14.9. The number of aromatic amines is 1. The summed E-state index contributed by atoms with van der Waals surface area (Å²) < 4.78 is 5.78. The lowest BCUT2D eigenvalue weighted by atomic mass is 9.98. The van der Waals surface area contributed by atoms with Crippen LogP contribution >= 0.6 is 0 Å². The van der Waals surface area contributed by atoms with Gasteiger partial charge in [0, 0.05) is 30.7 Å². The van der Waals surface area contributed by atoms with Gasteiger partial charge in [-0.3, -0.25) is 4.79 Å². The molecule has 0 aliphatic carbocycles. The summed E-state index contributed by atoms with van der Waals surface area (Å²) in [5.74, 6) is 0.515. The van der Waals surface area contributed by atoms with Gasteiger partial charge >= 0.3 is 0 Å². The van der Waals surface area contributed by atoms with Crippen LogP contribution in [0.25, 0.3) is 10.9 Å². The van der Waals surface area contributed by atoms with Crippen LogP contribution in [0.15, 0.2) is 60.8 Å². The number of hydrogen-bond acceptors (Lipinski definition) is 2. The third kappa shape index (κ3) is 3.97. The van der Waals surface area contributed by atoms with Gasteiger partial charge in [-0.05, 0) is 41.1 Å². The maximum absolute atomic E-state index is 12.7. The highest BCUT2D eigenvalue weighted by Crippen LogP contribution is 2.19. The van der Waals surface area contributed by atoms with E-state index in [-0.39, 0.29) is 5.91 Å². The smallest absolute Gasteiger partial charge is 0.227 e. The Hall–Kier alpha value is -2.59. The largest absolute Gasteiger partial charge is 0.379 e. The summed E-state index contributed by atoms with van der Waals surface area (Å²) in [6.07, 6.45) is 3.35. The Morgan fingerprint density at radius 2 is 2.00 bits per heavy atom. The summed E-state index contributed by atoms with van der Waals surface area (Å²) in [6.45, 7) is 2.77. The number of ether oxygens (including phenoxy) is 1. The third-order valence-corrected chi connectivity index (χ3v) is 5.03. The maximum atomic E-state index is 12.7. The van der Waals surface area contributed by atoms with E-state index in [2.05, 4.69) is 29.2 Å². The predicted molar refractivity (Wildman–Crippen MR) is 103 cm³/mol. The van der Waals surface area contributed by atoms with Gasteiger partial charge in [0.05, 0.1) is 19.6 Å². The highest BCUT2D eigenvalue weighted by Gasteiger charge is 2.23. The molecule has 0 unspecified atom stereocenters. The van der Waals surface area contributed by atoms with Gasteiger partial charge < -0.3 is 14.6 Å². The Labute approximate surface area is 153 Å². The summed E-state index contributed by atoms with van der Waals surface area (Å²) in [5.41, 5.74) is 3.52. The van der Waals surface area contributed by atoms with E-state index in [1.54, 1.807) is 0 Å². The van der Waals surface area contributed by atoms with Gasteiger partial charge in [0.15, 0.2) is 0 Å². The van der Waals surface area contributed by atoms with E-state index in [1.807, 2.05) is 41.4 Å². The molecule has 134 valence electrons. The molecule has 2 heterocycles. The number of aromatic nitrogens is 1. The van der Waals surface area contributed by atoms with E-state index < -0.39 is 0 Å². The van der Waals surface area contributed by atoms with E-state index in [9.17, 15) is 4.79 Å². The number of nitrogens with zero attached hydrogens (tertiary/aromatic N) is 1. The lowest BCUT2D eigenvalue weighted by molar-refractivity contribution is -0.130. The molecule has 4 heteroatoms. The number of H-pyrrole nitrogens is 1. The maximum Gasteiger partial charge on any atom is 0.227 e. The van der Waals surface area contributed by atoms with Gasteiger partial charge in [-0.2, -0.15) is 0 Å². The molecule has 4 rings (SSSR count). The van der Waals surface area contributed by atoms with Gasteiger partial charge in [0.25, 0.3) is 0 Å². The van der Waals surface area contributed by atoms with Crippen molar-refractivity contribution in [1.82, 2.24) is 9.88 Å². The lowest BCUT2D eigenvalue weighted by Crippen LogP contribution is -2.37. The summed E-state index contributed by atoms with van der Waals surface area (Å²) in [6, 6.07) is 18.6. The Bertz CT molecular complexity index is 872. The second kappa shape index (κ2) is 7.75. The van der Waals surface area contributed by atoms with Crippen LogP contribution in [0.2, 0.25) is 0 Å². The zero-order chi connectivity index (χ0) is 17.8. The normalized spacial score (nSPS) is 18.0. The Balaban J connectivity index is 1.42. The highest BCUT2D eigenvalue weighted by atomic mass is 16.5. The first-order chi connectivity index (χ1) is 12.8. The van der Waals surface area contributed by atoms with Crippen LogP contribution in [0.3, 0.4) is 0 Å². The molecule has 4 nitrogen and oxygen atoms in total. The quantitative estimate of drug-likeness (QED) is 0.785. The Morgan fingerprint density at radius 3 is 2.88 bits per heavy atom. The minimum absolute atomic E-state index is 0.188. The van der Waals surface area contributed by atoms with E-state index in [1.165, 1.54) is 10.9 Å². The highest BCUT2D eigenvalue weighted by molar-refractivity contribution is 5.80. The summed E-state index contributed by atoms with van der Waals surface area (Å²) in [7, 11) is 0. The van der Waals surface area contributed by atoms with Crippen molar-refractivity contribution in [2.75, 3.05) is 26.3 Å². The summed E-state index contributed by atoms with van der Waals surface area (Å²) in [5, 5.41) is 1.23. The van der Waals surface area contributed by atoms with Gasteiger partial charge in [0.1, 0.15) is 0 Å². The SMILES string of the molecule is O=C(Cc1ccccc1)N1CCOC[C@H](Cc2ccc3[nH]ccc3c2)C1. The molecule has 1 aliphatic rings. The average molecular weight is 348 g/mol. The van der Waals surface area contributed by atoms with Gasteiger partial charge in [0.2, 0.25) is 5.91 Å². The van der Waals surface area contributed by atoms with Crippen molar-refractivity contribution in [3.8, 4) is 0 Å². The van der Waals surface area contributed by atoms with Crippen molar-refractivity contribution in [3.63, 3.8) is 0 Å². The fraction of sp³-hybridized carbons (Fsp3) is 0.318. The monoisotopic (exact) mass is 348 g/mol. The number of rotatable bonds is 4. The second-order valence-corrected chi connectivity index (χ2v) is 7.05. The molecule has 1 fully saturated rings. The van der Waals surface area contributed by atoms with Crippen molar-refractivity contribution in [3.05, 3.63) is 71.9 Å². The fourth-order valence-corrected chi connectivity index (χ4v) is 3.68. The van der Waals surface area contributed by atoms with Crippen LogP contribution in [-0.2, 0) is 22.4 Å². The van der Waals surface area contributed by atoms with Gasteiger partial charge in [-0.1, -0.05) is 36.4 Å². The first-order valence-corrected chi connectivity index (χ1v) is 9.23. The van der Waals surface area contributed by atoms with Crippen LogP contribution in [0.5, 0.6) is 0 Å². The number of carbonyl (C=O) groups is 1. The number of amides is 1. The van der Waals surface area contributed by atoms with Crippen LogP contribution in [-0.4, -0.2) is 42.1 Å². The third-order valence-electron chi connectivity index (χ3n) is 5.03. The van der Waals surface area contributed by atoms with Crippen LogP contribution < -0.4 is 0 Å². The average Bonchev–Trinajstić information content (AvgIpc) is 3.00. The van der Waals surface area contributed by atoms with Crippen LogP contribution in [0.4, 0.5) is 0 Å².